The van der Waals surface area contributed by atoms with Crippen molar-refractivity contribution in [3.63, 3.8) is 0 Å². The predicted octanol–water partition coefficient (Wildman–Crippen LogP) is 2.29. The van der Waals surface area contributed by atoms with Gasteiger partial charge in [0.05, 0.1) is 6.61 Å². The quantitative estimate of drug-likeness (QED) is 0.817. The minimum atomic E-state index is 0.686. The third-order valence-electron chi connectivity index (χ3n) is 2.97. The van der Waals surface area contributed by atoms with Gasteiger partial charge in [-0.05, 0) is 38.4 Å². The lowest BCUT2D eigenvalue weighted by Gasteiger charge is -2.13. The molecule has 1 aromatic rings. The first-order valence-electron chi connectivity index (χ1n) is 5.66. The van der Waals surface area contributed by atoms with Gasteiger partial charge in [0.25, 0.3) is 0 Å². The molecule has 0 bridgehead atoms. The molecule has 1 aliphatic rings. The maximum absolute atomic E-state index is 5.84. The summed E-state index contributed by atoms with van der Waals surface area (Å²) < 4.78 is 5.84. The Morgan fingerprint density at radius 3 is 2.93 bits per heavy atom. The number of aryl methyl sites for hydroxylation is 2. The van der Waals surface area contributed by atoms with Gasteiger partial charge in [-0.2, -0.15) is 0 Å². The van der Waals surface area contributed by atoms with Crippen LogP contribution in [0.4, 0.5) is 0 Å². The summed E-state index contributed by atoms with van der Waals surface area (Å²) in [6.45, 7) is 7.30. The standard InChI is InChI=1S/C13H19NO/c1-10-3-4-13(11(2)7-10)15-9-12-5-6-14-8-12/h3-4,7,12,14H,5-6,8-9H2,1-2H3/t12-/m1/s1. The summed E-state index contributed by atoms with van der Waals surface area (Å²) in [5.74, 6) is 1.72. The predicted molar refractivity (Wildman–Crippen MR) is 62.4 cm³/mol. The first-order chi connectivity index (χ1) is 7.25. The highest BCUT2D eigenvalue weighted by Crippen LogP contribution is 2.20. The topological polar surface area (TPSA) is 21.3 Å². The lowest BCUT2D eigenvalue weighted by atomic mass is 10.1. The molecule has 1 heterocycles. The van der Waals surface area contributed by atoms with Crippen molar-refractivity contribution in [1.82, 2.24) is 5.32 Å². The van der Waals surface area contributed by atoms with Crippen LogP contribution in [-0.4, -0.2) is 19.7 Å². The molecule has 0 unspecified atom stereocenters. The molecule has 2 rings (SSSR count). The Morgan fingerprint density at radius 1 is 1.40 bits per heavy atom. The van der Waals surface area contributed by atoms with Crippen LogP contribution in [0.25, 0.3) is 0 Å². The molecule has 0 spiro atoms. The van der Waals surface area contributed by atoms with Gasteiger partial charge in [-0.3, -0.25) is 0 Å². The number of rotatable bonds is 3. The van der Waals surface area contributed by atoms with Crippen LogP contribution < -0.4 is 10.1 Å². The molecule has 1 aliphatic heterocycles. The Labute approximate surface area is 91.6 Å². The first-order valence-corrected chi connectivity index (χ1v) is 5.66. The van der Waals surface area contributed by atoms with E-state index in [2.05, 4.69) is 37.4 Å². The molecule has 0 aromatic heterocycles. The molecular formula is C13H19NO. The van der Waals surface area contributed by atoms with E-state index < -0.39 is 0 Å². The summed E-state index contributed by atoms with van der Waals surface area (Å²) >= 11 is 0. The molecule has 1 N–H and O–H groups in total. The second-order valence-electron chi connectivity index (χ2n) is 4.44. The van der Waals surface area contributed by atoms with E-state index in [0.717, 1.165) is 25.4 Å². The van der Waals surface area contributed by atoms with Gasteiger partial charge >= 0.3 is 0 Å². The number of hydrogen-bond acceptors (Lipinski definition) is 2. The zero-order valence-electron chi connectivity index (χ0n) is 9.55. The van der Waals surface area contributed by atoms with Gasteiger partial charge < -0.3 is 10.1 Å². The van der Waals surface area contributed by atoms with E-state index in [1.807, 2.05) is 0 Å². The monoisotopic (exact) mass is 205 g/mol. The Morgan fingerprint density at radius 2 is 2.27 bits per heavy atom. The summed E-state index contributed by atoms with van der Waals surface area (Å²) in [7, 11) is 0. The van der Waals surface area contributed by atoms with E-state index in [1.54, 1.807) is 0 Å². The molecule has 2 nitrogen and oxygen atoms in total. The van der Waals surface area contributed by atoms with Gasteiger partial charge in [0.15, 0.2) is 0 Å². The third-order valence-corrected chi connectivity index (χ3v) is 2.97. The highest BCUT2D eigenvalue weighted by atomic mass is 16.5. The van der Waals surface area contributed by atoms with Crippen molar-refractivity contribution < 1.29 is 4.74 Å². The molecule has 82 valence electrons. The lowest BCUT2D eigenvalue weighted by molar-refractivity contribution is 0.258. The number of benzene rings is 1. The van der Waals surface area contributed by atoms with Gasteiger partial charge in [0.2, 0.25) is 0 Å². The summed E-state index contributed by atoms with van der Waals surface area (Å²) in [5, 5.41) is 3.35. The summed E-state index contributed by atoms with van der Waals surface area (Å²) in [6.07, 6.45) is 1.24. The van der Waals surface area contributed by atoms with Gasteiger partial charge in [-0.15, -0.1) is 0 Å². The van der Waals surface area contributed by atoms with Crippen molar-refractivity contribution in [2.24, 2.45) is 5.92 Å². The minimum absolute atomic E-state index is 0.686. The van der Waals surface area contributed by atoms with E-state index in [4.69, 9.17) is 4.74 Å². The molecule has 0 radical (unpaired) electrons. The van der Waals surface area contributed by atoms with Gasteiger partial charge in [0, 0.05) is 12.5 Å². The van der Waals surface area contributed by atoms with Gasteiger partial charge in [-0.25, -0.2) is 0 Å². The van der Waals surface area contributed by atoms with Crippen LogP contribution in [-0.2, 0) is 0 Å². The first kappa shape index (κ1) is 10.5. The van der Waals surface area contributed by atoms with Crippen LogP contribution >= 0.6 is 0 Å². The highest BCUT2D eigenvalue weighted by Gasteiger charge is 2.15. The zero-order chi connectivity index (χ0) is 10.7. The maximum Gasteiger partial charge on any atom is 0.122 e. The molecule has 1 fully saturated rings. The Bertz CT molecular complexity index is 329. The van der Waals surface area contributed by atoms with E-state index >= 15 is 0 Å². The fourth-order valence-electron chi connectivity index (χ4n) is 2.03. The minimum Gasteiger partial charge on any atom is -0.493 e. The van der Waals surface area contributed by atoms with E-state index in [9.17, 15) is 0 Å². The fraction of sp³-hybridized carbons (Fsp3) is 0.538. The molecule has 15 heavy (non-hydrogen) atoms. The zero-order valence-corrected chi connectivity index (χ0v) is 9.55. The normalized spacial score (nSPS) is 20.5. The van der Waals surface area contributed by atoms with Gasteiger partial charge in [0.1, 0.15) is 5.75 Å². The van der Waals surface area contributed by atoms with Crippen LogP contribution in [0.15, 0.2) is 18.2 Å². The molecular weight excluding hydrogens is 186 g/mol. The molecule has 0 saturated carbocycles. The second-order valence-corrected chi connectivity index (χ2v) is 4.44. The van der Waals surface area contributed by atoms with E-state index in [0.29, 0.717) is 5.92 Å². The van der Waals surface area contributed by atoms with Crippen molar-refractivity contribution in [2.75, 3.05) is 19.7 Å². The average Bonchev–Trinajstić information content (AvgIpc) is 2.69. The fourth-order valence-corrected chi connectivity index (χ4v) is 2.03. The molecule has 1 saturated heterocycles. The summed E-state index contributed by atoms with van der Waals surface area (Å²) in [6, 6.07) is 6.35. The number of nitrogens with one attached hydrogen (secondary N) is 1. The van der Waals surface area contributed by atoms with Crippen LogP contribution in [0.2, 0.25) is 0 Å². The maximum atomic E-state index is 5.84. The van der Waals surface area contributed by atoms with Crippen LogP contribution in [0.3, 0.4) is 0 Å². The number of hydrogen-bond donors (Lipinski definition) is 1. The van der Waals surface area contributed by atoms with Crippen molar-refractivity contribution in [3.8, 4) is 5.75 Å². The van der Waals surface area contributed by atoms with Crippen molar-refractivity contribution in [2.45, 2.75) is 20.3 Å². The largest absolute Gasteiger partial charge is 0.493 e. The van der Waals surface area contributed by atoms with E-state index in [-0.39, 0.29) is 0 Å². The third kappa shape index (κ3) is 2.72. The molecule has 1 atom stereocenters. The number of ether oxygens (including phenoxy) is 1. The molecule has 0 aliphatic carbocycles. The Balaban J connectivity index is 1.92. The Kier molecular flexibility index (Phi) is 3.27. The van der Waals surface area contributed by atoms with Crippen LogP contribution in [0.1, 0.15) is 17.5 Å². The van der Waals surface area contributed by atoms with E-state index in [1.165, 1.54) is 17.5 Å². The van der Waals surface area contributed by atoms with Crippen LogP contribution in [0, 0.1) is 19.8 Å². The highest BCUT2D eigenvalue weighted by molar-refractivity contribution is 5.35. The Hall–Kier alpha value is -1.02. The molecule has 1 aromatic carbocycles. The second kappa shape index (κ2) is 4.67. The van der Waals surface area contributed by atoms with Crippen LogP contribution in [0.5, 0.6) is 5.75 Å². The van der Waals surface area contributed by atoms with Crippen molar-refractivity contribution >= 4 is 0 Å². The summed E-state index contributed by atoms with van der Waals surface area (Å²) in [4.78, 5) is 0. The van der Waals surface area contributed by atoms with Gasteiger partial charge in [-0.1, -0.05) is 17.7 Å². The average molecular weight is 205 g/mol. The lowest BCUT2D eigenvalue weighted by Crippen LogP contribution is -2.15. The molecule has 2 heteroatoms. The molecule has 0 amide bonds. The SMILES string of the molecule is Cc1ccc(OC[C@@H]2CCNC2)c(C)c1. The van der Waals surface area contributed by atoms with Crippen molar-refractivity contribution in [3.05, 3.63) is 29.3 Å². The smallest absolute Gasteiger partial charge is 0.122 e. The summed E-state index contributed by atoms with van der Waals surface area (Å²) in [5.41, 5.74) is 2.53. The van der Waals surface area contributed by atoms with Crippen molar-refractivity contribution in [1.29, 1.82) is 0 Å².